The monoisotopic (exact) mass is 143 g/mol. The molecule has 0 saturated carbocycles. The van der Waals surface area contributed by atoms with Gasteiger partial charge in [0.2, 0.25) is 0 Å². The van der Waals surface area contributed by atoms with Gasteiger partial charge in [0.1, 0.15) is 0 Å². The van der Waals surface area contributed by atoms with Crippen LogP contribution in [0.4, 0.5) is 0 Å². The maximum absolute atomic E-state index is 3.04. The summed E-state index contributed by atoms with van der Waals surface area (Å²) in [7, 11) is 0. The summed E-state index contributed by atoms with van der Waals surface area (Å²) >= 11 is 0. The van der Waals surface area contributed by atoms with Crippen molar-refractivity contribution in [2.24, 2.45) is 0 Å². The van der Waals surface area contributed by atoms with Crippen LogP contribution in [0.25, 0.3) is 0 Å². The van der Waals surface area contributed by atoms with Gasteiger partial charge in [0.25, 0.3) is 0 Å². The zero-order valence-corrected chi connectivity index (χ0v) is 6.72. The number of hydrogen-bond donors (Lipinski definition) is 0. The van der Waals surface area contributed by atoms with Gasteiger partial charge in [-0.1, -0.05) is 24.3 Å². The van der Waals surface area contributed by atoms with Crippen LogP contribution in [0.15, 0.2) is 24.3 Å². The Morgan fingerprint density at radius 2 is 2.09 bits per heavy atom. The molecule has 1 aromatic carbocycles. The number of aryl methyl sites for hydroxylation is 1. The molecule has 0 fully saturated rings. The SMILES string of the molecule is CC#CCCc1cc[c]cc1. The van der Waals surface area contributed by atoms with Crippen LogP contribution in [0.3, 0.4) is 0 Å². The molecule has 0 aliphatic carbocycles. The van der Waals surface area contributed by atoms with Gasteiger partial charge in [-0.25, -0.2) is 0 Å². The summed E-state index contributed by atoms with van der Waals surface area (Å²) in [6.07, 6.45) is 2.01. The fourth-order valence-electron chi connectivity index (χ4n) is 0.920. The predicted octanol–water partition coefficient (Wildman–Crippen LogP) is 2.44. The summed E-state index contributed by atoms with van der Waals surface area (Å²) in [5, 5.41) is 0. The van der Waals surface area contributed by atoms with E-state index >= 15 is 0 Å². The average Bonchev–Trinajstić information content (AvgIpc) is 2.07. The molecule has 0 N–H and O–H groups in total. The van der Waals surface area contributed by atoms with E-state index in [1.165, 1.54) is 5.56 Å². The second-order valence-electron chi connectivity index (χ2n) is 2.34. The molecule has 0 atom stereocenters. The lowest BCUT2D eigenvalue weighted by molar-refractivity contribution is 1.03. The van der Waals surface area contributed by atoms with E-state index in [1.807, 2.05) is 19.1 Å². The van der Waals surface area contributed by atoms with Gasteiger partial charge in [-0.05, 0) is 25.0 Å². The number of benzene rings is 1. The average molecular weight is 143 g/mol. The lowest BCUT2D eigenvalue weighted by atomic mass is 10.1. The van der Waals surface area contributed by atoms with E-state index in [2.05, 4.69) is 30.0 Å². The Bertz CT molecular complexity index is 248. The van der Waals surface area contributed by atoms with E-state index < -0.39 is 0 Å². The third-order valence-electron chi connectivity index (χ3n) is 1.50. The van der Waals surface area contributed by atoms with Gasteiger partial charge in [-0.3, -0.25) is 0 Å². The van der Waals surface area contributed by atoms with E-state index in [-0.39, 0.29) is 0 Å². The van der Waals surface area contributed by atoms with E-state index in [9.17, 15) is 0 Å². The molecule has 55 valence electrons. The summed E-state index contributed by atoms with van der Waals surface area (Å²) in [5.74, 6) is 5.92. The molecule has 1 aromatic rings. The lowest BCUT2D eigenvalue weighted by Crippen LogP contribution is -1.80. The third kappa shape index (κ3) is 2.91. The maximum Gasteiger partial charge on any atom is 0.0129 e. The Hall–Kier alpha value is -1.22. The quantitative estimate of drug-likeness (QED) is 0.558. The molecular formula is C11H11. The highest BCUT2D eigenvalue weighted by Gasteiger charge is 1.86. The van der Waals surface area contributed by atoms with Crippen molar-refractivity contribution >= 4 is 0 Å². The normalized spacial score (nSPS) is 8.45. The molecule has 1 rings (SSSR count). The van der Waals surface area contributed by atoms with E-state index in [1.54, 1.807) is 0 Å². The van der Waals surface area contributed by atoms with Gasteiger partial charge < -0.3 is 0 Å². The predicted molar refractivity (Wildman–Crippen MR) is 47.0 cm³/mol. The summed E-state index contributed by atoms with van der Waals surface area (Å²) in [4.78, 5) is 0. The van der Waals surface area contributed by atoms with Crippen LogP contribution in [0.1, 0.15) is 18.9 Å². The Kier molecular flexibility index (Phi) is 3.28. The van der Waals surface area contributed by atoms with Crippen LogP contribution in [-0.4, -0.2) is 0 Å². The molecule has 0 amide bonds. The summed E-state index contributed by atoms with van der Waals surface area (Å²) in [6, 6.07) is 11.0. The van der Waals surface area contributed by atoms with Crippen LogP contribution in [0.5, 0.6) is 0 Å². The van der Waals surface area contributed by atoms with Gasteiger partial charge >= 0.3 is 0 Å². The van der Waals surface area contributed by atoms with Crippen LogP contribution in [0.2, 0.25) is 0 Å². The first-order chi connectivity index (χ1) is 5.43. The minimum absolute atomic E-state index is 0.959. The highest BCUT2D eigenvalue weighted by Crippen LogP contribution is 2.00. The van der Waals surface area contributed by atoms with Crippen molar-refractivity contribution in [2.75, 3.05) is 0 Å². The Balaban J connectivity index is 2.43. The van der Waals surface area contributed by atoms with Crippen molar-refractivity contribution in [2.45, 2.75) is 19.8 Å². The summed E-state index contributed by atoms with van der Waals surface area (Å²) in [6.45, 7) is 1.87. The van der Waals surface area contributed by atoms with E-state index in [4.69, 9.17) is 0 Å². The van der Waals surface area contributed by atoms with Crippen molar-refractivity contribution < 1.29 is 0 Å². The Morgan fingerprint density at radius 3 is 2.73 bits per heavy atom. The van der Waals surface area contributed by atoms with Gasteiger partial charge in [0.15, 0.2) is 0 Å². The molecule has 0 saturated heterocycles. The van der Waals surface area contributed by atoms with Gasteiger partial charge in [-0.15, -0.1) is 11.8 Å². The summed E-state index contributed by atoms with van der Waals surface area (Å²) < 4.78 is 0. The van der Waals surface area contributed by atoms with E-state index in [0.29, 0.717) is 0 Å². The fraction of sp³-hybridized carbons (Fsp3) is 0.273. The molecule has 11 heavy (non-hydrogen) atoms. The first kappa shape index (κ1) is 7.88. The van der Waals surface area contributed by atoms with Crippen molar-refractivity contribution in [1.29, 1.82) is 0 Å². The van der Waals surface area contributed by atoms with E-state index in [0.717, 1.165) is 12.8 Å². The molecular weight excluding hydrogens is 132 g/mol. The molecule has 0 aliphatic heterocycles. The first-order valence-electron chi connectivity index (χ1n) is 3.78. The Labute approximate surface area is 68.3 Å². The van der Waals surface area contributed by atoms with Crippen molar-refractivity contribution in [3.05, 3.63) is 35.9 Å². The smallest absolute Gasteiger partial charge is 0.0129 e. The third-order valence-corrected chi connectivity index (χ3v) is 1.50. The molecule has 0 aliphatic rings. The van der Waals surface area contributed by atoms with Crippen molar-refractivity contribution in [1.82, 2.24) is 0 Å². The minimum atomic E-state index is 0.959. The molecule has 0 bridgehead atoms. The number of rotatable bonds is 2. The fourth-order valence-corrected chi connectivity index (χ4v) is 0.920. The molecule has 0 heterocycles. The van der Waals surface area contributed by atoms with Crippen molar-refractivity contribution in [3.8, 4) is 11.8 Å². The van der Waals surface area contributed by atoms with Crippen molar-refractivity contribution in [3.63, 3.8) is 0 Å². The minimum Gasteiger partial charge on any atom is -0.107 e. The lowest BCUT2D eigenvalue weighted by Gasteiger charge is -1.93. The highest BCUT2D eigenvalue weighted by molar-refractivity contribution is 5.15. The molecule has 1 radical (unpaired) electrons. The standard InChI is InChI=1S/C11H11/c1-2-3-5-8-11-9-6-4-7-10-11/h6-7,9-10H,5,8H2,1H3. The van der Waals surface area contributed by atoms with Gasteiger partial charge in [-0.2, -0.15) is 0 Å². The van der Waals surface area contributed by atoms with Crippen LogP contribution in [0, 0.1) is 17.9 Å². The van der Waals surface area contributed by atoms with Crippen LogP contribution in [-0.2, 0) is 6.42 Å². The highest BCUT2D eigenvalue weighted by atomic mass is 13.9. The Morgan fingerprint density at radius 1 is 1.36 bits per heavy atom. The molecule has 0 heteroatoms. The second kappa shape index (κ2) is 4.57. The number of hydrogen-bond acceptors (Lipinski definition) is 0. The topological polar surface area (TPSA) is 0 Å². The molecule has 0 aromatic heterocycles. The van der Waals surface area contributed by atoms with Crippen LogP contribution >= 0.6 is 0 Å². The van der Waals surface area contributed by atoms with Crippen LogP contribution < -0.4 is 0 Å². The first-order valence-corrected chi connectivity index (χ1v) is 3.78. The molecule has 0 unspecified atom stereocenters. The summed E-state index contributed by atoms with van der Waals surface area (Å²) in [5.41, 5.74) is 1.34. The maximum atomic E-state index is 3.04. The van der Waals surface area contributed by atoms with Gasteiger partial charge in [0.05, 0.1) is 0 Å². The zero-order valence-electron chi connectivity index (χ0n) is 6.72. The largest absolute Gasteiger partial charge is 0.107 e. The molecule has 0 nitrogen and oxygen atoms in total. The van der Waals surface area contributed by atoms with Gasteiger partial charge in [0, 0.05) is 6.42 Å². The second-order valence-corrected chi connectivity index (χ2v) is 2.34. The zero-order chi connectivity index (χ0) is 7.94. The molecule has 0 spiro atoms.